The van der Waals surface area contributed by atoms with Crippen LogP contribution in [0.15, 0.2) is 61.2 Å². The fourth-order valence-corrected chi connectivity index (χ4v) is 4.08. The molecule has 0 aliphatic heterocycles. The summed E-state index contributed by atoms with van der Waals surface area (Å²) in [4.78, 5) is 23.5. The Balaban J connectivity index is 1.55. The van der Waals surface area contributed by atoms with E-state index >= 15 is 0 Å². The topological polar surface area (TPSA) is 91.3 Å². The van der Waals surface area contributed by atoms with Crippen LogP contribution in [0, 0.1) is 0 Å². The van der Waals surface area contributed by atoms with Gasteiger partial charge in [-0.1, -0.05) is 51.5 Å². The van der Waals surface area contributed by atoms with Gasteiger partial charge in [0.25, 0.3) is 0 Å². The van der Waals surface area contributed by atoms with Crippen LogP contribution in [0.2, 0.25) is 0 Å². The number of aliphatic hydroxyl groups is 1. The number of rotatable bonds is 23. The van der Waals surface area contributed by atoms with Crippen molar-refractivity contribution in [3.05, 3.63) is 66.7 Å². The summed E-state index contributed by atoms with van der Waals surface area (Å²) in [5, 5.41) is 8.78. The van der Waals surface area contributed by atoms with Crippen molar-refractivity contribution in [1.82, 2.24) is 0 Å². The molecule has 0 unspecified atom stereocenters. The lowest BCUT2D eigenvalue weighted by molar-refractivity contribution is -0.137. The van der Waals surface area contributed by atoms with Gasteiger partial charge < -0.3 is 24.1 Å². The van der Waals surface area contributed by atoms with Gasteiger partial charge in [-0.3, -0.25) is 0 Å². The summed E-state index contributed by atoms with van der Waals surface area (Å²) < 4.78 is 22.0. The Bertz CT molecular complexity index is 954. The smallest absolute Gasteiger partial charge is 0.343 e. The number of hydrogen-bond donors (Lipinski definition) is 1. The van der Waals surface area contributed by atoms with Crippen LogP contribution >= 0.6 is 0 Å². The molecule has 0 radical (unpaired) electrons. The molecule has 2 aromatic rings. The highest BCUT2D eigenvalue weighted by Crippen LogP contribution is 2.20. The standard InChI is InChI=1S/C33H46O7/c1-2-32(35)39-27-15-11-10-14-26-37-29-18-16-28(17-19-29)33(36)40-31-22-20-30(21-23-31)38-25-13-9-7-5-3-4-6-8-12-24-34/h2,16-23,34H,1,3-15,24-27H2. The molecule has 0 spiro atoms. The van der Waals surface area contributed by atoms with Crippen molar-refractivity contribution < 1.29 is 33.6 Å². The Hall–Kier alpha value is -3.32. The van der Waals surface area contributed by atoms with E-state index in [9.17, 15) is 9.59 Å². The van der Waals surface area contributed by atoms with E-state index in [-0.39, 0.29) is 5.97 Å². The van der Waals surface area contributed by atoms with Crippen molar-refractivity contribution in [2.75, 3.05) is 26.4 Å². The molecule has 0 aliphatic carbocycles. The average Bonchev–Trinajstić information content (AvgIpc) is 2.98. The number of ether oxygens (including phenoxy) is 4. The van der Waals surface area contributed by atoms with Gasteiger partial charge in [-0.15, -0.1) is 0 Å². The van der Waals surface area contributed by atoms with E-state index in [0.29, 0.717) is 43.5 Å². The Morgan fingerprint density at radius 3 is 1.52 bits per heavy atom. The monoisotopic (exact) mass is 554 g/mol. The van der Waals surface area contributed by atoms with Gasteiger partial charge >= 0.3 is 11.9 Å². The largest absolute Gasteiger partial charge is 0.494 e. The van der Waals surface area contributed by atoms with Crippen LogP contribution in [0.4, 0.5) is 0 Å². The van der Waals surface area contributed by atoms with E-state index in [4.69, 9.17) is 24.1 Å². The van der Waals surface area contributed by atoms with Gasteiger partial charge in [-0.2, -0.15) is 0 Å². The Labute approximate surface area is 239 Å². The highest BCUT2D eigenvalue weighted by molar-refractivity contribution is 5.91. The van der Waals surface area contributed by atoms with Crippen LogP contribution in [-0.4, -0.2) is 43.5 Å². The zero-order chi connectivity index (χ0) is 28.7. The number of hydrogen-bond acceptors (Lipinski definition) is 7. The van der Waals surface area contributed by atoms with Crippen LogP contribution in [-0.2, 0) is 9.53 Å². The van der Waals surface area contributed by atoms with Gasteiger partial charge in [0.1, 0.15) is 17.2 Å². The number of unbranched alkanes of at least 4 members (excludes halogenated alkanes) is 11. The summed E-state index contributed by atoms with van der Waals surface area (Å²) in [6.45, 7) is 5.34. The van der Waals surface area contributed by atoms with Crippen molar-refractivity contribution in [2.24, 2.45) is 0 Å². The predicted octanol–water partition coefficient (Wildman–Crippen LogP) is 7.46. The van der Waals surface area contributed by atoms with Crippen molar-refractivity contribution in [3.8, 4) is 17.2 Å². The average molecular weight is 555 g/mol. The predicted molar refractivity (Wildman–Crippen MR) is 157 cm³/mol. The minimum atomic E-state index is -0.425. The maximum Gasteiger partial charge on any atom is 0.343 e. The van der Waals surface area contributed by atoms with Gasteiger partial charge in [0, 0.05) is 12.7 Å². The molecular formula is C33H46O7. The summed E-state index contributed by atoms with van der Waals surface area (Å²) >= 11 is 0. The molecule has 7 heteroatoms. The molecule has 0 heterocycles. The van der Waals surface area contributed by atoms with Crippen LogP contribution in [0.1, 0.15) is 93.8 Å². The van der Waals surface area contributed by atoms with Crippen molar-refractivity contribution >= 4 is 11.9 Å². The lowest BCUT2D eigenvalue weighted by Crippen LogP contribution is -2.08. The van der Waals surface area contributed by atoms with E-state index in [1.807, 2.05) is 12.1 Å². The maximum absolute atomic E-state index is 12.5. The first kappa shape index (κ1) is 32.9. The van der Waals surface area contributed by atoms with Crippen LogP contribution < -0.4 is 14.2 Å². The minimum Gasteiger partial charge on any atom is -0.494 e. The molecule has 220 valence electrons. The summed E-state index contributed by atoms with van der Waals surface area (Å²) in [7, 11) is 0. The third-order valence-electron chi connectivity index (χ3n) is 6.41. The molecule has 0 saturated carbocycles. The second-order valence-corrected chi connectivity index (χ2v) is 9.77. The first-order chi connectivity index (χ1) is 19.6. The van der Waals surface area contributed by atoms with Crippen molar-refractivity contribution in [2.45, 2.75) is 83.5 Å². The first-order valence-electron chi connectivity index (χ1n) is 14.7. The number of benzene rings is 2. The molecule has 1 N–H and O–H groups in total. The molecule has 2 rings (SSSR count). The first-order valence-corrected chi connectivity index (χ1v) is 14.7. The number of carbonyl (C=O) groups is 2. The molecule has 0 aromatic heterocycles. The zero-order valence-corrected chi connectivity index (χ0v) is 23.8. The van der Waals surface area contributed by atoms with Gasteiger partial charge in [-0.05, 0) is 87.1 Å². The zero-order valence-electron chi connectivity index (χ0n) is 23.8. The fourth-order valence-electron chi connectivity index (χ4n) is 4.08. The second-order valence-electron chi connectivity index (χ2n) is 9.77. The van der Waals surface area contributed by atoms with Crippen LogP contribution in [0.25, 0.3) is 0 Å². The van der Waals surface area contributed by atoms with Gasteiger partial charge in [0.2, 0.25) is 0 Å². The van der Waals surface area contributed by atoms with E-state index in [1.54, 1.807) is 36.4 Å². The molecule has 0 fully saturated rings. The van der Waals surface area contributed by atoms with Crippen molar-refractivity contribution in [3.63, 3.8) is 0 Å². The third-order valence-corrected chi connectivity index (χ3v) is 6.41. The highest BCUT2D eigenvalue weighted by Gasteiger charge is 2.09. The number of aliphatic hydroxyl groups excluding tert-OH is 1. The number of carbonyl (C=O) groups excluding carboxylic acids is 2. The summed E-state index contributed by atoms with van der Waals surface area (Å²) in [5.74, 6) is 1.12. The molecule has 0 aliphatic rings. The Kier molecular flexibility index (Phi) is 17.7. The van der Waals surface area contributed by atoms with Crippen LogP contribution in [0.5, 0.6) is 17.2 Å². The van der Waals surface area contributed by atoms with E-state index in [0.717, 1.165) is 57.1 Å². The van der Waals surface area contributed by atoms with E-state index in [1.165, 1.54) is 38.2 Å². The minimum absolute atomic E-state index is 0.308. The molecule has 0 bridgehead atoms. The molecule has 0 amide bonds. The normalized spacial score (nSPS) is 10.6. The van der Waals surface area contributed by atoms with Crippen LogP contribution in [0.3, 0.4) is 0 Å². The molecule has 2 aromatic carbocycles. The maximum atomic E-state index is 12.5. The lowest BCUT2D eigenvalue weighted by Gasteiger charge is -2.09. The molecular weight excluding hydrogens is 508 g/mol. The summed E-state index contributed by atoms with van der Waals surface area (Å²) in [6.07, 6.45) is 15.3. The Morgan fingerprint density at radius 1 is 0.600 bits per heavy atom. The third kappa shape index (κ3) is 15.3. The molecule has 0 atom stereocenters. The molecule has 0 saturated heterocycles. The molecule has 7 nitrogen and oxygen atoms in total. The second kappa shape index (κ2) is 21.5. The summed E-state index contributed by atoms with van der Waals surface area (Å²) in [5.41, 5.74) is 0.451. The molecule has 40 heavy (non-hydrogen) atoms. The SMILES string of the molecule is C=CC(=O)OCCCCCCOc1ccc(C(=O)Oc2ccc(OCCCCCCCCCCCO)cc2)cc1. The van der Waals surface area contributed by atoms with Crippen molar-refractivity contribution in [1.29, 1.82) is 0 Å². The fraction of sp³-hybridized carbons (Fsp3) is 0.515. The van der Waals surface area contributed by atoms with Gasteiger partial charge in [0.05, 0.1) is 25.4 Å². The summed E-state index contributed by atoms with van der Waals surface area (Å²) in [6, 6.07) is 14.0. The van der Waals surface area contributed by atoms with Gasteiger partial charge in [-0.25, -0.2) is 9.59 Å². The quantitative estimate of drug-likeness (QED) is 0.0660. The highest BCUT2D eigenvalue weighted by atomic mass is 16.5. The van der Waals surface area contributed by atoms with E-state index in [2.05, 4.69) is 6.58 Å². The lowest BCUT2D eigenvalue weighted by atomic mass is 10.1. The Morgan fingerprint density at radius 2 is 1.02 bits per heavy atom. The number of esters is 2. The van der Waals surface area contributed by atoms with E-state index < -0.39 is 5.97 Å². The van der Waals surface area contributed by atoms with Gasteiger partial charge in [0.15, 0.2) is 0 Å².